The van der Waals surface area contributed by atoms with Gasteiger partial charge in [-0.05, 0) is 40.8 Å². The van der Waals surface area contributed by atoms with Crippen molar-refractivity contribution in [2.75, 3.05) is 7.11 Å². The van der Waals surface area contributed by atoms with Gasteiger partial charge in [0.15, 0.2) is 0 Å². The quantitative estimate of drug-likeness (QED) is 0.626. The summed E-state index contributed by atoms with van der Waals surface area (Å²) in [5.41, 5.74) is 2.90. The van der Waals surface area contributed by atoms with Crippen molar-refractivity contribution in [2.45, 2.75) is 31.4 Å². The van der Waals surface area contributed by atoms with Gasteiger partial charge in [-0.15, -0.1) is 11.3 Å². The third kappa shape index (κ3) is 3.05. The van der Waals surface area contributed by atoms with Crippen molar-refractivity contribution in [3.05, 3.63) is 20.8 Å². The number of ether oxygens (including phenoxy) is 1. The molecule has 1 aliphatic carbocycles. The molecule has 0 saturated heterocycles. The number of methoxy groups -OCH3 is 1. The second-order valence-corrected chi connectivity index (χ2v) is 6.16. The summed E-state index contributed by atoms with van der Waals surface area (Å²) in [7, 11) is 1.78. The van der Waals surface area contributed by atoms with Crippen molar-refractivity contribution < 1.29 is 4.74 Å². The smallest absolute Gasteiger partial charge is 0.0769 e. The molecule has 1 aromatic rings. The van der Waals surface area contributed by atoms with Gasteiger partial charge in [-0.2, -0.15) is 0 Å². The standard InChI is InChI=1S/C11H17BrN2OS/c1-15-11(7-2-3-7)10(14-13)5-9-4-8(12)6-16-9/h4,6-7,10-11,14H,2-3,5,13H2,1H3. The second-order valence-electron chi connectivity index (χ2n) is 4.25. The Labute approximate surface area is 108 Å². The summed E-state index contributed by atoms with van der Waals surface area (Å²) in [5, 5.41) is 2.10. The van der Waals surface area contributed by atoms with E-state index in [9.17, 15) is 0 Å². The Bertz CT molecular complexity index is 340. The zero-order chi connectivity index (χ0) is 11.5. The highest BCUT2D eigenvalue weighted by Crippen LogP contribution is 2.36. The fraction of sp³-hybridized carbons (Fsp3) is 0.636. The minimum atomic E-state index is 0.211. The molecule has 0 radical (unpaired) electrons. The molecule has 3 N–H and O–H groups in total. The van der Waals surface area contributed by atoms with E-state index >= 15 is 0 Å². The van der Waals surface area contributed by atoms with Crippen LogP contribution in [0.15, 0.2) is 15.9 Å². The maximum absolute atomic E-state index is 5.63. The minimum Gasteiger partial charge on any atom is -0.379 e. The zero-order valence-electron chi connectivity index (χ0n) is 9.28. The Morgan fingerprint density at radius 1 is 1.69 bits per heavy atom. The highest BCUT2D eigenvalue weighted by molar-refractivity contribution is 9.10. The molecule has 0 bridgehead atoms. The number of thiophene rings is 1. The first kappa shape index (κ1) is 12.5. The SMILES string of the molecule is COC(C1CC1)C(Cc1cc(Br)cs1)NN. The summed E-state index contributed by atoms with van der Waals surface area (Å²) in [4.78, 5) is 1.33. The molecule has 1 fully saturated rings. The molecule has 2 unspecified atom stereocenters. The van der Waals surface area contributed by atoms with Crippen molar-refractivity contribution in [1.29, 1.82) is 0 Å². The molecule has 2 rings (SSSR count). The maximum atomic E-state index is 5.63. The molecule has 0 aliphatic heterocycles. The van der Waals surface area contributed by atoms with Gasteiger partial charge in [0.2, 0.25) is 0 Å². The number of rotatable bonds is 6. The Hall–Kier alpha value is 0.0600. The van der Waals surface area contributed by atoms with Crippen LogP contribution < -0.4 is 11.3 Å². The summed E-state index contributed by atoms with van der Waals surface area (Å²) in [6, 6.07) is 2.36. The summed E-state index contributed by atoms with van der Waals surface area (Å²) in [5.74, 6) is 6.32. The second kappa shape index (κ2) is 5.60. The molecule has 1 aromatic heterocycles. The summed E-state index contributed by atoms with van der Waals surface area (Å²) in [6.07, 6.45) is 3.71. The van der Waals surface area contributed by atoms with Gasteiger partial charge in [-0.3, -0.25) is 11.3 Å². The molecule has 2 atom stereocenters. The lowest BCUT2D eigenvalue weighted by atomic mass is 10.0. The lowest BCUT2D eigenvalue weighted by Gasteiger charge is -2.24. The van der Waals surface area contributed by atoms with E-state index in [0.717, 1.165) is 10.9 Å². The Morgan fingerprint density at radius 2 is 2.44 bits per heavy atom. The fourth-order valence-corrected chi connectivity index (χ4v) is 3.57. The van der Waals surface area contributed by atoms with Crippen LogP contribution in [0.3, 0.4) is 0 Å². The lowest BCUT2D eigenvalue weighted by molar-refractivity contribution is 0.0513. The number of halogens is 1. The highest BCUT2D eigenvalue weighted by Gasteiger charge is 2.36. The molecule has 0 aromatic carbocycles. The number of nitrogens with one attached hydrogen (secondary N) is 1. The van der Waals surface area contributed by atoms with Crippen LogP contribution in [0.2, 0.25) is 0 Å². The van der Waals surface area contributed by atoms with Gasteiger partial charge >= 0.3 is 0 Å². The van der Waals surface area contributed by atoms with Gasteiger partial charge in [0.05, 0.1) is 12.1 Å². The first-order chi connectivity index (χ1) is 7.74. The minimum absolute atomic E-state index is 0.211. The molecule has 0 spiro atoms. The average molecular weight is 305 g/mol. The van der Waals surface area contributed by atoms with E-state index in [0.29, 0.717) is 5.92 Å². The van der Waals surface area contributed by atoms with Crippen molar-refractivity contribution in [3.8, 4) is 0 Å². The van der Waals surface area contributed by atoms with Gasteiger partial charge in [0, 0.05) is 28.3 Å². The first-order valence-corrected chi connectivity index (χ1v) is 7.13. The van der Waals surface area contributed by atoms with Crippen molar-refractivity contribution in [2.24, 2.45) is 11.8 Å². The molecule has 3 nitrogen and oxygen atoms in total. The molecule has 16 heavy (non-hydrogen) atoms. The zero-order valence-corrected chi connectivity index (χ0v) is 11.7. The predicted octanol–water partition coefficient (Wildman–Crippen LogP) is 2.31. The number of hydrogen-bond acceptors (Lipinski definition) is 4. The molecule has 90 valence electrons. The summed E-state index contributed by atoms with van der Waals surface area (Å²) in [6.45, 7) is 0. The number of nitrogens with two attached hydrogens (primary N) is 1. The topological polar surface area (TPSA) is 47.3 Å². The predicted molar refractivity (Wildman–Crippen MR) is 70.4 cm³/mol. The Morgan fingerprint density at radius 3 is 2.88 bits per heavy atom. The van der Waals surface area contributed by atoms with Crippen LogP contribution >= 0.6 is 27.3 Å². The van der Waals surface area contributed by atoms with Gasteiger partial charge in [-0.25, -0.2) is 0 Å². The van der Waals surface area contributed by atoms with Crippen LogP contribution in [0.1, 0.15) is 17.7 Å². The van der Waals surface area contributed by atoms with E-state index in [4.69, 9.17) is 10.6 Å². The van der Waals surface area contributed by atoms with Crippen LogP contribution in [0.5, 0.6) is 0 Å². The van der Waals surface area contributed by atoms with Crippen LogP contribution in [0.4, 0.5) is 0 Å². The van der Waals surface area contributed by atoms with E-state index < -0.39 is 0 Å². The normalized spacial score (nSPS) is 19.7. The summed E-state index contributed by atoms with van der Waals surface area (Å²) >= 11 is 5.22. The Kier molecular flexibility index (Phi) is 4.38. The molecule has 0 amide bonds. The van der Waals surface area contributed by atoms with E-state index in [1.165, 1.54) is 17.7 Å². The van der Waals surface area contributed by atoms with Crippen LogP contribution in [-0.2, 0) is 11.2 Å². The largest absolute Gasteiger partial charge is 0.379 e. The van der Waals surface area contributed by atoms with Gasteiger partial charge in [0.1, 0.15) is 0 Å². The van der Waals surface area contributed by atoms with Gasteiger partial charge in [-0.1, -0.05) is 0 Å². The molecule has 5 heteroatoms. The third-order valence-corrected chi connectivity index (χ3v) is 4.73. The van der Waals surface area contributed by atoms with E-state index in [1.807, 2.05) is 0 Å². The monoisotopic (exact) mass is 304 g/mol. The average Bonchev–Trinajstić information content (AvgIpc) is 3.02. The Balaban J connectivity index is 1.98. The van der Waals surface area contributed by atoms with Gasteiger partial charge < -0.3 is 4.74 Å². The van der Waals surface area contributed by atoms with Crippen LogP contribution in [0, 0.1) is 5.92 Å². The third-order valence-electron chi connectivity index (χ3n) is 3.01. The van der Waals surface area contributed by atoms with E-state index in [-0.39, 0.29) is 12.1 Å². The maximum Gasteiger partial charge on any atom is 0.0769 e. The summed E-state index contributed by atoms with van der Waals surface area (Å²) < 4.78 is 6.70. The van der Waals surface area contributed by atoms with Gasteiger partial charge in [0.25, 0.3) is 0 Å². The first-order valence-electron chi connectivity index (χ1n) is 5.46. The molecule has 1 aliphatic rings. The highest BCUT2D eigenvalue weighted by atomic mass is 79.9. The number of hydrazine groups is 1. The van der Waals surface area contributed by atoms with Crippen LogP contribution in [0.25, 0.3) is 0 Å². The van der Waals surface area contributed by atoms with E-state index in [2.05, 4.69) is 32.8 Å². The van der Waals surface area contributed by atoms with E-state index in [1.54, 1.807) is 18.4 Å². The van der Waals surface area contributed by atoms with Crippen molar-refractivity contribution in [1.82, 2.24) is 5.43 Å². The van der Waals surface area contributed by atoms with Crippen molar-refractivity contribution in [3.63, 3.8) is 0 Å². The molecular formula is C11H17BrN2OS. The molecule has 1 saturated carbocycles. The molecule has 1 heterocycles. The van der Waals surface area contributed by atoms with Crippen LogP contribution in [-0.4, -0.2) is 19.3 Å². The molecular weight excluding hydrogens is 288 g/mol. The fourth-order valence-electron chi connectivity index (χ4n) is 2.06. The lowest BCUT2D eigenvalue weighted by Crippen LogP contribution is -2.47. The van der Waals surface area contributed by atoms with Crippen molar-refractivity contribution >= 4 is 27.3 Å². The number of hydrogen-bond donors (Lipinski definition) is 2.